The van der Waals surface area contributed by atoms with Crippen molar-refractivity contribution < 1.29 is 13.9 Å². The molecule has 0 N–H and O–H groups in total. The minimum Gasteiger partial charge on any atom is -0.377 e. The van der Waals surface area contributed by atoms with Crippen molar-refractivity contribution in [3.8, 4) is 11.1 Å². The maximum Gasteiger partial charge on any atom is 0.169 e. The third-order valence-corrected chi connectivity index (χ3v) is 7.97. The number of aryl methyl sites for hydroxylation is 2. The summed E-state index contributed by atoms with van der Waals surface area (Å²) in [4.78, 5) is 0. The summed E-state index contributed by atoms with van der Waals surface area (Å²) in [7, 11) is 0. The molecule has 0 spiro atoms. The fourth-order valence-electron chi connectivity index (χ4n) is 5.72. The number of unbranched alkanes of at least 4 members (excludes halogenated alkanes) is 3. The molecule has 6 rings (SSSR count). The van der Waals surface area contributed by atoms with Crippen molar-refractivity contribution >= 4 is 32.3 Å². The molecule has 4 aromatic carbocycles. The van der Waals surface area contributed by atoms with Crippen LogP contribution in [-0.4, -0.2) is 6.61 Å². The molecule has 0 fully saturated rings. The second-order valence-electron chi connectivity index (χ2n) is 10.7. The predicted octanol–water partition coefficient (Wildman–Crippen LogP) is 8.01. The van der Waals surface area contributed by atoms with Crippen LogP contribution in [0.25, 0.3) is 43.4 Å². The highest BCUT2D eigenvalue weighted by Gasteiger charge is 2.11. The van der Waals surface area contributed by atoms with Crippen LogP contribution in [-0.2, 0) is 24.4 Å². The van der Waals surface area contributed by atoms with Crippen LogP contribution in [0.2, 0.25) is 0 Å². The van der Waals surface area contributed by atoms with Crippen LogP contribution in [0, 0.1) is 0 Å². The maximum absolute atomic E-state index is 6.15. The summed E-state index contributed by atoms with van der Waals surface area (Å²) in [5.74, 6) is 0. The highest BCUT2D eigenvalue weighted by atomic mass is 16.5. The minimum absolute atomic E-state index is 0.669. The minimum atomic E-state index is 0.669. The van der Waals surface area contributed by atoms with E-state index < -0.39 is 0 Å². The van der Waals surface area contributed by atoms with Crippen molar-refractivity contribution in [2.75, 3.05) is 6.61 Å². The number of ether oxygens (including phenoxy) is 1. The molecule has 2 heterocycles. The van der Waals surface area contributed by atoms with Crippen LogP contribution in [0.3, 0.4) is 0 Å². The van der Waals surface area contributed by atoms with Gasteiger partial charge in [-0.3, -0.25) is 0 Å². The smallest absolute Gasteiger partial charge is 0.169 e. The van der Waals surface area contributed by atoms with Crippen LogP contribution in [0.5, 0.6) is 0 Å². The lowest BCUT2D eigenvalue weighted by Crippen LogP contribution is -2.33. The summed E-state index contributed by atoms with van der Waals surface area (Å²) in [5, 5.41) is 8.00. The van der Waals surface area contributed by atoms with E-state index in [9.17, 15) is 0 Å². The van der Waals surface area contributed by atoms with Gasteiger partial charge in [-0.15, -0.1) is 0 Å². The molecule has 0 unspecified atom stereocenters. The molecule has 0 bridgehead atoms. The Kier molecular flexibility index (Phi) is 7.78. The Morgan fingerprint density at radius 1 is 0.564 bits per heavy atom. The van der Waals surface area contributed by atoms with Gasteiger partial charge in [0.1, 0.15) is 13.1 Å². The predicted molar refractivity (Wildman–Crippen MR) is 161 cm³/mol. The normalized spacial score (nSPS) is 11.7. The molecule has 0 aliphatic heterocycles. The van der Waals surface area contributed by atoms with Gasteiger partial charge in [-0.1, -0.05) is 67.9 Å². The van der Waals surface area contributed by atoms with Crippen molar-refractivity contribution in [1.82, 2.24) is 0 Å². The van der Waals surface area contributed by atoms with Gasteiger partial charge in [0, 0.05) is 43.7 Å². The van der Waals surface area contributed by atoms with Crippen molar-refractivity contribution in [2.24, 2.45) is 0 Å². The highest BCUT2D eigenvalue weighted by molar-refractivity contribution is 6.23. The molecular weight excluding hydrogens is 476 g/mol. The zero-order valence-electron chi connectivity index (χ0n) is 23.0. The zero-order valence-corrected chi connectivity index (χ0v) is 23.0. The van der Waals surface area contributed by atoms with Gasteiger partial charge in [-0.2, -0.15) is 0 Å². The third kappa shape index (κ3) is 5.65. The molecule has 0 aliphatic rings. The van der Waals surface area contributed by atoms with E-state index in [0.717, 1.165) is 32.5 Å². The topological polar surface area (TPSA) is 17.0 Å². The fourth-order valence-corrected chi connectivity index (χ4v) is 5.72. The lowest BCUT2D eigenvalue weighted by Gasteiger charge is -2.14. The first kappa shape index (κ1) is 25.5. The van der Waals surface area contributed by atoms with Gasteiger partial charge in [-0.25, -0.2) is 9.13 Å². The Hall–Kier alpha value is -3.82. The van der Waals surface area contributed by atoms with E-state index in [0.29, 0.717) is 6.61 Å². The molecule has 39 heavy (non-hydrogen) atoms. The summed E-state index contributed by atoms with van der Waals surface area (Å²) in [5.41, 5.74) is 3.83. The van der Waals surface area contributed by atoms with E-state index in [-0.39, 0.29) is 0 Å². The van der Waals surface area contributed by atoms with Crippen molar-refractivity contribution in [1.29, 1.82) is 0 Å². The average Bonchev–Trinajstić information content (AvgIpc) is 2.99. The summed E-state index contributed by atoms with van der Waals surface area (Å²) in [6, 6.07) is 28.9. The molecular formula is C36H38N2O+2. The number of nitrogens with zero attached hydrogens (tertiary/aromatic N) is 2. The number of aromatic nitrogens is 2. The lowest BCUT2D eigenvalue weighted by atomic mass is 9.92. The molecule has 0 saturated carbocycles. The summed E-state index contributed by atoms with van der Waals surface area (Å²) in [6.45, 7) is 5.84. The van der Waals surface area contributed by atoms with Gasteiger partial charge in [0.15, 0.2) is 24.8 Å². The van der Waals surface area contributed by atoms with Crippen molar-refractivity contribution in [3.63, 3.8) is 0 Å². The molecule has 3 heteroatoms. The second-order valence-corrected chi connectivity index (χ2v) is 10.7. The van der Waals surface area contributed by atoms with Gasteiger partial charge < -0.3 is 4.74 Å². The van der Waals surface area contributed by atoms with E-state index in [1.807, 2.05) is 0 Å². The van der Waals surface area contributed by atoms with E-state index in [1.54, 1.807) is 0 Å². The molecule has 2 aromatic heterocycles. The van der Waals surface area contributed by atoms with Crippen molar-refractivity contribution in [2.45, 2.75) is 58.7 Å². The number of rotatable bonds is 12. The Bertz CT molecular complexity index is 1640. The molecule has 0 atom stereocenters. The zero-order chi connectivity index (χ0) is 26.4. The van der Waals surface area contributed by atoms with E-state index >= 15 is 0 Å². The van der Waals surface area contributed by atoms with E-state index in [2.05, 4.69) is 120 Å². The Morgan fingerprint density at radius 3 is 1.82 bits per heavy atom. The number of hydrogen-bond donors (Lipinski definition) is 0. The number of benzene rings is 4. The third-order valence-electron chi connectivity index (χ3n) is 7.97. The van der Waals surface area contributed by atoms with Crippen LogP contribution >= 0.6 is 0 Å². The van der Waals surface area contributed by atoms with Crippen LogP contribution in [0.1, 0.15) is 44.6 Å². The summed E-state index contributed by atoms with van der Waals surface area (Å²) < 4.78 is 10.7. The van der Waals surface area contributed by atoms with Gasteiger partial charge in [0.05, 0.1) is 6.61 Å². The highest BCUT2D eigenvalue weighted by Crippen LogP contribution is 2.36. The van der Waals surface area contributed by atoms with Gasteiger partial charge in [-0.05, 0) is 61.8 Å². The quantitative estimate of drug-likeness (QED) is 0.0918. The van der Waals surface area contributed by atoms with E-state index in [4.69, 9.17) is 4.74 Å². The Labute approximate surface area is 231 Å². The maximum atomic E-state index is 6.15. The summed E-state index contributed by atoms with van der Waals surface area (Å²) >= 11 is 0. The largest absolute Gasteiger partial charge is 0.377 e. The standard InChI is InChI=1S/C36H38N2O/c1-2-3-20-37-22-16-28(17-23-37)29-18-24-38(25-19-29)21-5-4-6-26-39-27-33-13-12-32-11-10-30-8-7-9-31-14-15-34(33)36(32)35(30)31/h7-19,22-25H,2-6,20-21,26-27H2,1H3/q+2. The summed E-state index contributed by atoms with van der Waals surface area (Å²) in [6.07, 6.45) is 14.7. The van der Waals surface area contributed by atoms with Crippen LogP contribution in [0.15, 0.2) is 104 Å². The molecule has 6 aromatic rings. The SMILES string of the molecule is CCCC[n+]1ccc(-c2cc[n+](CCCCCOCc3ccc4ccc5cccc6ccc3c4c56)cc2)cc1. The van der Waals surface area contributed by atoms with E-state index in [1.165, 1.54) is 68.3 Å². The van der Waals surface area contributed by atoms with Crippen LogP contribution in [0.4, 0.5) is 0 Å². The second kappa shape index (κ2) is 11.9. The molecule has 0 amide bonds. The first-order valence-corrected chi connectivity index (χ1v) is 14.5. The lowest BCUT2D eigenvalue weighted by molar-refractivity contribution is -0.697. The van der Waals surface area contributed by atoms with Gasteiger partial charge in [0.25, 0.3) is 0 Å². The Balaban J connectivity index is 0.968. The van der Waals surface area contributed by atoms with Gasteiger partial charge in [0.2, 0.25) is 0 Å². The molecule has 0 saturated heterocycles. The molecule has 3 nitrogen and oxygen atoms in total. The number of hydrogen-bond acceptors (Lipinski definition) is 1. The molecule has 196 valence electrons. The molecule has 0 radical (unpaired) electrons. The average molecular weight is 515 g/mol. The first-order valence-electron chi connectivity index (χ1n) is 14.5. The van der Waals surface area contributed by atoms with Crippen LogP contribution < -0.4 is 9.13 Å². The first-order chi connectivity index (χ1) is 19.3. The van der Waals surface area contributed by atoms with Crippen molar-refractivity contribution in [3.05, 3.63) is 109 Å². The number of pyridine rings is 2. The Morgan fingerprint density at radius 2 is 1.15 bits per heavy atom. The van der Waals surface area contributed by atoms with Gasteiger partial charge >= 0.3 is 0 Å². The monoisotopic (exact) mass is 514 g/mol. The fraction of sp³-hybridized carbons (Fsp3) is 0.278. The molecule has 0 aliphatic carbocycles.